The van der Waals surface area contributed by atoms with Gasteiger partial charge in [-0.05, 0) is 24.0 Å². The second-order valence-electron chi connectivity index (χ2n) is 2.99. The van der Waals surface area contributed by atoms with E-state index in [2.05, 4.69) is 25.3 Å². The van der Waals surface area contributed by atoms with Gasteiger partial charge in [-0.15, -0.1) is 0 Å². The van der Waals surface area contributed by atoms with Crippen LogP contribution in [0.3, 0.4) is 0 Å². The van der Waals surface area contributed by atoms with E-state index in [1.807, 2.05) is 0 Å². The van der Waals surface area contributed by atoms with Crippen molar-refractivity contribution in [1.29, 1.82) is 0 Å². The SMILES string of the molecule is C=COCC1=CCCC=C1COC=C. The highest BCUT2D eigenvalue weighted by atomic mass is 16.5. The fraction of sp³-hybridized carbons (Fsp3) is 0.333. The first kappa shape index (κ1) is 10.6. The van der Waals surface area contributed by atoms with Gasteiger partial charge in [-0.2, -0.15) is 0 Å². The highest BCUT2D eigenvalue weighted by molar-refractivity contribution is 5.34. The van der Waals surface area contributed by atoms with Crippen molar-refractivity contribution in [1.82, 2.24) is 0 Å². The Labute approximate surface area is 85.2 Å². The van der Waals surface area contributed by atoms with Crippen molar-refractivity contribution in [3.8, 4) is 0 Å². The zero-order valence-electron chi connectivity index (χ0n) is 8.37. The molecule has 0 amide bonds. The van der Waals surface area contributed by atoms with Crippen molar-refractivity contribution in [2.24, 2.45) is 0 Å². The number of hydrogen-bond donors (Lipinski definition) is 0. The van der Waals surface area contributed by atoms with Gasteiger partial charge in [0.05, 0.1) is 12.5 Å². The Balaban J connectivity index is 2.51. The number of rotatable bonds is 6. The standard InChI is InChI=1S/C12H16O2/c1-3-13-9-11-7-5-6-8-12(11)10-14-4-2/h3-4,7-8H,1-2,5-6,9-10H2. The van der Waals surface area contributed by atoms with E-state index in [1.165, 1.54) is 23.7 Å². The Morgan fingerprint density at radius 1 is 1.00 bits per heavy atom. The molecule has 0 atom stereocenters. The summed E-state index contributed by atoms with van der Waals surface area (Å²) in [6.07, 6.45) is 9.44. The number of hydrogen-bond acceptors (Lipinski definition) is 2. The summed E-state index contributed by atoms with van der Waals surface area (Å²) in [5, 5.41) is 0. The van der Waals surface area contributed by atoms with Crippen molar-refractivity contribution in [3.05, 3.63) is 49.0 Å². The summed E-state index contributed by atoms with van der Waals surface area (Å²) in [4.78, 5) is 0. The Morgan fingerprint density at radius 2 is 1.43 bits per heavy atom. The van der Waals surface area contributed by atoms with Crippen LogP contribution in [0.2, 0.25) is 0 Å². The Bertz CT molecular complexity index is 233. The zero-order chi connectivity index (χ0) is 10.2. The first-order chi connectivity index (χ1) is 6.88. The van der Waals surface area contributed by atoms with Crippen LogP contribution in [0.4, 0.5) is 0 Å². The van der Waals surface area contributed by atoms with Crippen molar-refractivity contribution in [3.63, 3.8) is 0 Å². The molecule has 0 fully saturated rings. The summed E-state index contributed by atoms with van der Waals surface area (Å²) in [5.74, 6) is 0. The molecule has 1 rings (SSSR count). The van der Waals surface area contributed by atoms with Crippen LogP contribution in [-0.4, -0.2) is 13.2 Å². The molecule has 1 aliphatic carbocycles. The third-order valence-electron chi connectivity index (χ3n) is 2.07. The van der Waals surface area contributed by atoms with E-state index in [9.17, 15) is 0 Å². The van der Waals surface area contributed by atoms with Gasteiger partial charge < -0.3 is 9.47 Å². The largest absolute Gasteiger partial charge is 0.497 e. The molecule has 0 bridgehead atoms. The monoisotopic (exact) mass is 192 g/mol. The van der Waals surface area contributed by atoms with Gasteiger partial charge in [-0.1, -0.05) is 25.3 Å². The second kappa shape index (κ2) is 6.08. The molecular formula is C12H16O2. The Hall–Kier alpha value is -1.44. The van der Waals surface area contributed by atoms with Gasteiger partial charge >= 0.3 is 0 Å². The summed E-state index contributed by atoms with van der Waals surface area (Å²) in [5.41, 5.74) is 2.39. The maximum absolute atomic E-state index is 5.16. The maximum Gasteiger partial charge on any atom is 0.112 e. The van der Waals surface area contributed by atoms with E-state index < -0.39 is 0 Å². The van der Waals surface area contributed by atoms with Gasteiger partial charge in [0.2, 0.25) is 0 Å². The van der Waals surface area contributed by atoms with Crippen LogP contribution in [0, 0.1) is 0 Å². The van der Waals surface area contributed by atoms with Crippen LogP contribution in [0.25, 0.3) is 0 Å². The summed E-state index contributed by atoms with van der Waals surface area (Å²) >= 11 is 0. The van der Waals surface area contributed by atoms with Gasteiger partial charge in [0, 0.05) is 0 Å². The van der Waals surface area contributed by atoms with E-state index in [4.69, 9.17) is 9.47 Å². The number of allylic oxidation sites excluding steroid dienone is 2. The average molecular weight is 192 g/mol. The predicted molar refractivity (Wildman–Crippen MR) is 57.7 cm³/mol. The predicted octanol–water partition coefficient (Wildman–Crippen LogP) is 2.95. The van der Waals surface area contributed by atoms with Crippen molar-refractivity contribution < 1.29 is 9.47 Å². The van der Waals surface area contributed by atoms with Gasteiger partial charge in [0.15, 0.2) is 0 Å². The molecular weight excluding hydrogens is 176 g/mol. The quantitative estimate of drug-likeness (QED) is 0.602. The topological polar surface area (TPSA) is 18.5 Å². The van der Waals surface area contributed by atoms with Crippen LogP contribution in [0.5, 0.6) is 0 Å². The minimum Gasteiger partial charge on any atom is -0.497 e. The van der Waals surface area contributed by atoms with Crippen molar-refractivity contribution in [2.75, 3.05) is 13.2 Å². The second-order valence-corrected chi connectivity index (χ2v) is 2.99. The van der Waals surface area contributed by atoms with Crippen LogP contribution in [-0.2, 0) is 9.47 Å². The molecule has 0 unspecified atom stereocenters. The minimum absolute atomic E-state index is 0.579. The molecule has 1 aliphatic rings. The zero-order valence-corrected chi connectivity index (χ0v) is 8.37. The lowest BCUT2D eigenvalue weighted by Gasteiger charge is -2.15. The summed E-state index contributed by atoms with van der Waals surface area (Å²) < 4.78 is 10.3. The molecule has 2 heteroatoms. The number of ether oxygens (including phenoxy) is 2. The van der Waals surface area contributed by atoms with Gasteiger partial charge in [-0.25, -0.2) is 0 Å². The average Bonchev–Trinajstić information content (AvgIpc) is 2.24. The third-order valence-corrected chi connectivity index (χ3v) is 2.07. The lowest BCUT2D eigenvalue weighted by Crippen LogP contribution is -2.05. The maximum atomic E-state index is 5.16. The first-order valence-corrected chi connectivity index (χ1v) is 4.72. The van der Waals surface area contributed by atoms with Crippen molar-refractivity contribution >= 4 is 0 Å². The van der Waals surface area contributed by atoms with E-state index in [0.29, 0.717) is 13.2 Å². The molecule has 2 nitrogen and oxygen atoms in total. The fourth-order valence-corrected chi connectivity index (χ4v) is 1.38. The third kappa shape index (κ3) is 3.13. The molecule has 0 aromatic carbocycles. The summed E-state index contributed by atoms with van der Waals surface area (Å²) in [6.45, 7) is 8.19. The Morgan fingerprint density at radius 3 is 1.79 bits per heavy atom. The normalized spacial score (nSPS) is 15.1. The minimum atomic E-state index is 0.579. The molecule has 0 saturated heterocycles. The molecule has 0 aliphatic heterocycles. The molecule has 0 spiro atoms. The molecule has 0 aromatic rings. The molecule has 0 radical (unpaired) electrons. The summed E-state index contributed by atoms with van der Waals surface area (Å²) in [7, 11) is 0. The molecule has 0 N–H and O–H groups in total. The molecule has 76 valence electrons. The van der Waals surface area contributed by atoms with E-state index in [0.717, 1.165) is 12.8 Å². The highest BCUT2D eigenvalue weighted by Gasteiger charge is 2.08. The molecule has 0 aromatic heterocycles. The van der Waals surface area contributed by atoms with Crippen LogP contribution < -0.4 is 0 Å². The van der Waals surface area contributed by atoms with E-state index in [1.54, 1.807) is 0 Å². The van der Waals surface area contributed by atoms with Gasteiger partial charge in [0.1, 0.15) is 13.2 Å². The van der Waals surface area contributed by atoms with Crippen LogP contribution in [0.15, 0.2) is 49.0 Å². The lowest BCUT2D eigenvalue weighted by molar-refractivity contribution is 0.263. The van der Waals surface area contributed by atoms with E-state index >= 15 is 0 Å². The van der Waals surface area contributed by atoms with E-state index in [-0.39, 0.29) is 0 Å². The smallest absolute Gasteiger partial charge is 0.112 e. The highest BCUT2D eigenvalue weighted by Crippen LogP contribution is 2.19. The van der Waals surface area contributed by atoms with Crippen LogP contribution >= 0.6 is 0 Å². The fourth-order valence-electron chi connectivity index (χ4n) is 1.38. The molecule has 0 heterocycles. The Kier molecular flexibility index (Phi) is 4.62. The van der Waals surface area contributed by atoms with Crippen LogP contribution in [0.1, 0.15) is 12.8 Å². The molecule has 0 saturated carbocycles. The van der Waals surface area contributed by atoms with Crippen molar-refractivity contribution in [2.45, 2.75) is 12.8 Å². The summed E-state index contributed by atoms with van der Waals surface area (Å²) in [6, 6.07) is 0. The lowest BCUT2D eigenvalue weighted by atomic mass is 9.99. The van der Waals surface area contributed by atoms with Gasteiger partial charge in [0.25, 0.3) is 0 Å². The molecule has 14 heavy (non-hydrogen) atoms. The first-order valence-electron chi connectivity index (χ1n) is 4.72. The van der Waals surface area contributed by atoms with Gasteiger partial charge in [-0.3, -0.25) is 0 Å².